The molecule has 0 aliphatic rings. The van der Waals surface area contributed by atoms with Gasteiger partial charge in [0.1, 0.15) is 0 Å². The van der Waals surface area contributed by atoms with Gasteiger partial charge in [0.15, 0.2) is 5.34 Å². The Bertz CT molecular complexity index is 415. The summed E-state index contributed by atoms with van der Waals surface area (Å²) in [6.07, 6.45) is 0. The van der Waals surface area contributed by atoms with Crippen LogP contribution >= 0.6 is 79.1 Å². The minimum atomic E-state index is -3.95. The van der Waals surface area contributed by atoms with Crippen LogP contribution in [0.2, 0.25) is 0 Å². The standard InChI is InChI=1S/C11H22Br4O7P2/c1-11(2,23(16,18-7-3-12)19-8-4-13)22-24(17,20-9-5-14)21-10-6-15/h3-10H2,1-2H3. The van der Waals surface area contributed by atoms with Crippen LogP contribution in [-0.4, -0.2) is 53.1 Å². The molecule has 0 saturated carbocycles. The van der Waals surface area contributed by atoms with E-state index in [0.29, 0.717) is 21.3 Å². The van der Waals surface area contributed by atoms with Crippen molar-refractivity contribution in [2.45, 2.75) is 19.2 Å². The Morgan fingerprint density at radius 1 is 0.708 bits per heavy atom. The zero-order valence-electron chi connectivity index (χ0n) is 13.4. The number of rotatable bonds is 15. The molecule has 13 heteroatoms. The van der Waals surface area contributed by atoms with Crippen LogP contribution in [0.4, 0.5) is 0 Å². The van der Waals surface area contributed by atoms with Gasteiger partial charge in [0.25, 0.3) is 0 Å². The first-order valence-electron chi connectivity index (χ1n) is 6.93. The number of hydrogen-bond acceptors (Lipinski definition) is 7. The van der Waals surface area contributed by atoms with E-state index in [-0.39, 0.29) is 26.4 Å². The molecule has 0 aliphatic heterocycles. The maximum absolute atomic E-state index is 13.1. The average molecular weight is 648 g/mol. The summed E-state index contributed by atoms with van der Waals surface area (Å²) in [5.74, 6) is 0. The van der Waals surface area contributed by atoms with Crippen LogP contribution in [0.3, 0.4) is 0 Å². The molecule has 0 aromatic rings. The predicted molar refractivity (Wildman–Crippen MR) is 109 cm³/mol. The smallest absolute Gasteiger partial charge is 0.306 e. The molecular weight excluding hydrogens is 626 g/mol. The number of alkyl halides is 4. The lowest BCUT2D eigenvalue weighted by Gasteiger charge is -2.34. The van der Waals surface area contributed by atoms with Crippen molar-refractivity contribution in [2.75, 3.05) is 47.7 Å². The second-order valence-electron chi connectivity index (χ2n) is 4.57. The topological polar surface area (TPSA) is 80.3 Å². The predicted octanol–water partition coefficient (Wildman–Crippen LogP) is 5.69. The van der Waals surface area contributed by atoms with Crippen LogP contribution in [0, 0.1) is 0 Å². The van der Waals surface area contributed by atoms with Crippen molar-refractivity contribution in [3.63, 3.8) is 0 Å². The maximum Gasteiger partial charge on any atom is 0.475 e. The molecule has 0 rings (SSSR count). The van der Waals surface area contributed by atoms with E-state index in [0.717, 1.165) is 0 Å². The largest absolute Gasteiger partial charge is 0.475 e. The molecule has 0 spiro atoms. The van der Waals surface area contributed by atoms with Gasteiger partial charge in [-0.3, -0.25) is 18.1 Å². The Morgan fingerprint density at radius 2 is 1.04 bits per heavy atom. The first kappa shape index (κ1) is 26.2. The van der Waals surface area contributed by atoms with Crippen LogP contribution in [0.15, 0.2) is 0 Å². The molecule has 0 aromatic heterocycles. The lowest BCUT2D eigenvalue weighted by molar-refractivity contribution is 0.0540. The van der Waals surface area contributed by atoms with Gasteiger partial charge in [-0.05, 0) is 13.8 Å². The highest BCUT2D eigenvalue weighted by molar-refractivity contribution is 9.09. The van der Waals surface area contributed by atoms with Crippen LogP contribution < -0.4 is 0 Å². The van der Waals surface area contributed by atoms with E-state index in [1.807, 2.05) is 0 Å². The monoisotopic (exact) mass is 644 g/mol. The highest BCUT2D eigenvalue weighted by Crippen LogP contribution is 2.66. The minimum absolute atomic E-state index is 0.102. The van der Waals surface area contributed by atoms with E-state index in [1.54, 1.807) is 0 Å². The average Bonchev–Trinajstić information content (AvgIpc) is 2.54. The van der Waals surface area contributed by atoms with Gasteiger partial charge in [0.05, 0.1) is 26.4 Å². The maximum atomic E-state index is 13.1. The normalized spacial score (nSPS) is 13.4. The fourth-order valence-electron chi connectivity index (χ4n) is 1.36. The van der Waals surface area contributed by atoms with Gasteiger partial charge in [0, 0.05) is 21.3 Å². The third kappa shape index (κ3) is 9.40. The van der Waals surface area contributed by atoms with Gasteiger partial charge >= 0.3 is 15.4 Å². The molecule has 0 heterocycles. The van der Waals surface area contributed by atoms with Crippen molar-refractivity contribution in [3.05, 3.63) is 0 Å². The fraction of sp³-hybridized carbons (Fsp3) is 1.00. The Morgan fingerprint density at radius 3 is 1.38 bits per heavy atom. The summed E-state index contributed by atoms with van der Waals surface area (Å²) >= 11 is 12.8. The van der Waals surface area contributed by atoms with Crippen molar-refractivity contribution in [1.29, 1.82) is 0 Å². The van der Waals surface area contributed by atoms with Gasteiger partial charge in [-0.15, -0.1) is 0 Å². The first-order valence-corrected chi connectivity index (χ1v) is 14.4. The Labute approximate surface area is 176 Å². The SMILES string of the molecule is CC(C)(OP(=O)(OCCBr)OCCBr)P(=O)(OCCBr)OCCBr. The molecule has 0 aromatic carbocycles. The Hall–Kier alpha value is 2.18. The quantitative estimate of drug-likeness (QED) is 0.167. The van der Waals surface area contributed by atoms with E-state index >= 15 is 0 Å². The van der Waals surface area contributed by atoms with Crippen LogP contribution in [0.1, 0.15) is 13.8 Å². The first-order chi connectivity index (χ1) is 11.2. The fourth-order valence-corrected chi connectivity index (χ4v) is 6.43. The molecule has 0 atom stereocenters. The van der Waals surface area contributed by atoms with E-state index in [2.05, 4.69) is 63.7 Å². The molecule has 0 bridgehead atoms. The second-order valence-corrected chi connectivity index (χ2v) is 11.9. The zero-order valence-corrected chi connectivity index (χ0v) is 21.6. The van der Waals surface area contributed by atoms with Gasteiger partial charge in [0.2, 0.25) is 0 Å². The summed E-state index contributed by atoms with van der Waals surface area (Å²) in [6, 6.07) is 0. The summed E-state index contributed by atoms with van der Waals surface area (Å²) in [5, 5.41) is 0.267. The molecular formula is C11H22Br4O7P2. The minimum Gasteiger partial charge on any atom is -0.306 e. The molecule has 0 N–H and O–H groups in total. The summed E-state index contributed by atoms with van der Waals surface area (Å²) in [6.45, 7) is 3.42. The molecule has 0 fully saturated rings. The Kier molecular flexibility index (Phi) is 14.6. The lowest BCUT2D eigenvalue weighted by atomic mass is 10.5. The number of phosphoric ester groups is 1. The number of phosphoric acid groups is 1. The summed E-state index contributed by atoms with van der Waals surface area (Å²) in [7, 11) is -7.70. The van der Waals surface area contributed by atoms with E-state index in [9.17, 15) is 9.13 Å². The van der Waals surface area contributed by atoms with Gasteiger partial charge in [-0.25, -0.2) is 4.57 Å². The van der Waals surface area contributed by atoms with Crippen molar-refractivity contribution >= 4 is 79.1 Å². The van der Waals surface area contributed by atoms with Gasteiger partial charge in [-0.2, -0.15) is 0 Å². The molecule has 0 saturated heterocycles. The second kappa shape index (κ2) is 13.4. The van der Waals surface area contributed by atoms with Gasteiger partial charge in [-0.1, -0.05) is 63.7 Å². The molecule has 0 amide bonds. The molecule has 7 nitrogen and oxygen atoms in total. The highest BCUT2D eigenvalue weighted by atomic mass is 79.9. The van der Waals surface area contributed by atoms with E-state index < -0.39 is 20.8 Å². The molecule has 0 radical (unpaired) electrons. The highest BCUT2D eigenvalue weighted by Gasteiger charge is 2.50. The molecule has 146 valence electrons. The molecule has 0 aliphatic carbocycles. The number of halogens is 4. The summed E-state index contributed by atoms with van der Waals surface area (Å²) in [4.78, 5) is 0. The number of hydrogen-bond donors (Lipinski definition) is 0. The van der Waals surface area contributed by atoms with Crippen molar-refractivity contribution in [3.8, 4) is 0 Å². The van der Waals surface area contributed by atoms with Crippen LogP contribution in [0.25, 0.3) is 0 Å². The van der Waals surface area contributed by atoms with E-state index in [1.165, 1.54) is 13.8 Å². The van der Waals surface area contributed by atoms with Crippen molar-refractivity contribution in [1.82, 2.24) is 0 Å². The van der Waals surface area contributed by atoms with Gasteiger partial charge < -0.3 is 9.05 Å². The van der Waals surface area contributed by atoms with Crippen molar-refractivity contribution in [2.24, 2.45) is 0 Å². The lowest BCUT2D eigenvalue weighted by Crippen LogP contribution is -2.28. The van der Waals surface area contributed by atoms with Crippen LogP contribution in [0.5, 0.6) is 0 Å². The third-order valence-corrected chi connectivity index (χ3v) is 7.90. The Balaban J connectivity index is 5.34. The summed E-state index contributed by atoms with van der Waals surface area (Å²) in [5.41, 5.74) is 0. The van der Waals surface area contributed by atoms with Crippen molar-refractivity contribution < 1.29 is 31.7 Å². The summed E-state index contributed by atoms with van der Waals surface area (Å²) < 4.78 is 52.6. The molecule has 0 unspecified atom stereocenters. The van der Waals surface area contributed by atoms with Crippen LogP contribution in [-0.2, 0) is 31.7 Å². The third-order valence-electron chi connectivity index (χ3n) is 2.32. The molecule has 24 heavy (non-hydrogen) atoms. The van der Waals surface area contributed by atoms with E-state index in [4.69, 9.17) is 22.6 Å². The zero-order chi connectivity index (χ0) is 18.7.